The van der Waals surface area contributed by atoms with Crippen LogP contribution in [0, 0.1) is 17.3 Å². The van der Waals surface area contributed by atoms with E-state index in [2.05, 4.69) is 37.5 Å². The predicted molar refractivity (Wildman–Crippen MR) is 65.8 cm³/mol. The van der Waals surface area contributed by atoms with Crippen molar-refractivity contribution in [1.29, 1.82) is 0 Å². The van der Waals surface area contributed by atoms with E-state index in [1.54, 1.807) is 0 Å². The topological polar surface area (TPSA) is 12.5 Å². The van der Waals surface area contributed by atoms with E-state index in [1.807, 2.05) is 13.8 Å². The Morgan fingerprint density at radius 1 is 1.13 bits per heavy atom. The third-order valence-electron chi connectivity index (χ3n) is 1.87. The van der Waals surface area contributed by atoms with Crippen LogP contribution in [0.4, 0.5) is 0 Å². The van der Waals surface area contributed by atoms with Gasteiger partial charge in [-0.15, -0.1) is 0 Å². The van der Waals surface area contributed by atoms with Gasteiger partial charge >= 0.3 is 0 Å². The van der Waals surface area contributed by atoms with Crippen LogP contribution in [-0.2, 0) is 4.74 Å². The zero-order valence-electron chi connectivity index (χ0n) is 10.9. The van der Waals surface area contributed by atoms with E-state index in [0.717, 1.165) is 32.8 Å². The fraction of sp³-hybridized carbons (Fsp3) is 0.846. The molecule has 0 aromatic rings. The number of nitrogens with zero attached hydrogens (tertiary/aromatic N) is 1. The molecule has 15 heavy (non-hydrogen) atoms. The minimum atomic E-state index is 0.131. The Morgan fingerprint density at radius 3 is 2.13 bits per heavy atom. The average molecular weight is 211 g/mol. The lowest BCUT2D eigenvalue weighted by molar-refractivity contribution is 0.0443. The summed E-state index contributed by atoms with van der Waals surface area (Å²) in [6.07, 6.45) is 0. The Balaban J connectivity index is 0.000000921. The molecule has 1 fully saturated rings. The van der Waals surface area contributed by atoms with Crippen molar-refractivity contribution >= 4 is 0 Å². The van der Waals surface area contributed by atoms with Gasteiger partial charge in [-0.2, -0.15) is 0 Å². The highest BCUT2D eigenvalue weighted by atomic mass is 16.5. The smallest absolute Gasteiger partial charge is 0.0603 e. The monoisotopic (exact) mass is 211 g/mol. The molecule has 1 heterocycles. The van der Waals surface area contributed by atoms with E-state index >= 15 is 0 Å². The van der Waals surface area contributed by atoms with Crippen molar-refractivity contribution in [2.75, 3.05) is 32.8 Å². The van der Waals surface area contributed by atoms with Gasteiger partial charge in [0.2, 0.25) is 0 Å². The quantitative estimate of drug-likeness (QED) is 0.618. The first kappa shape index (κ1) is 14.5. The lowest BCUT2D eigenvalue weighted by atomic mass is 9.98. The number of hydrogen-bond donors (Lipinski definition) is 0. The van der Waals surface area contributed by atoms with Crippen LogP contribution < -0.4 is 0 Å². The van der Waals surface area contributed by atoms with Crippen LogP contribution in [0.1, 0.15) is 34.6 Å². The van der Waals surface area contributed by atoms with E-state index in [1.165, 1.54) is 0 Å². The molecule has 0 saturated carbocycles. The van der Waals surface area contributed by atoms with Crippen LogP contribution >= 0.6 is 0 Å². The summed E-state index contributed by atoms with van der Waals surface area (Å²) in [6.45, 7) is 15.1. The van der Waals surface area contributed by atoms with E-state index < -0.39 is 0 Å². The molecule has 0 spiro atoms. The lowest BCUT2D eigenvalue weighted by Crippen LogP contribution is -2.36. The highest BCUT2D eigenvalue weighted by molar-refractivity contribution is 5.08. The molecule has 1 rings (SSSR count). The molecule has 0 N–H and O–H groups in total. The minimum Gasteiger partial charge on any atom is -0.379 e. The lowest BCUT2D eigenvalue weighted by Gasteiger charge is -2.24. The molecule has 1 aliphatic heterocycles. The van der Waals surface area contributed by atoms with Gasteiger partial charge in [0.1, 0.15) is 0 Å². The van der Waals surface area contributed by atoms with E-state index in [-0.39, 0.29) is 5.41 Å². The molecule has 88 valence electrons. The number of hydrogen-bond acceptors (Lipinski definition) is 2. The number of ether oxygens (including phenoxy) is 1. The summed E-state index contributed by atoms with van der Waals surface area (Å²) in [5.41, 5.74) is 0.131. The maximum Gasteiger partial charge on any atom is 0.0603 e. The molecule has 2 heteroatoms. The summed E-state index contributed by atoms with van der Waals surface area (Å²) < 4.78 is 5.26. The van der Waals surface area contributed by atoms with Gasteiger partial charge in [0.25, 0.3) is 0 Å². The molecule has 0 aliphatic carbocycles. The van der Waals surface area contributed by atoms with Gasteiger partial charge in [-0.25, -0.2) is 0 Å². The van der Waals surface area contributed by atoms with E-state index in [4.69, 9.17) is 4.74 Å². The Hall–Kier alpha value is -0.520. The molecular weight excluding hydrogens is 186 g/mol. The highest BCUT2D eigenvalue weighted by Gasteiger charge is 2.08. The molecule has 0 aromatic carbocycles. The molecule has 2 nitrogen and oxygen atoms in total. The Morgan fingerprint density at radius 2 is 1.67 bits per heavy atom. The SMILES string of the molecule is CC.CC(C)(C)C#CCN1CCOCC1. The normalized spacial score (nSPS) is 17.1. The molecular formula is C13H25NO. The number of morpholine rings is 1. The molecule has 0 amide bonds. The Labute approximate surface area is 95.0 Å². The molecule has 0 bridgehead atoms. The largest absolute Gasteiger partial charge is 0.379 e. The fourth-order valence-corrected chi connectivity index (χ4v) is 1.18. The fourth-order valence-electron chi connectivity index (χ4n) is 1.18. The van der Waals surface area contributed by atoms with E-state index in [9.17, 15) is 0 Å². The van der Waals surface area contributed by atoms with Crippen molar-refractivity contribution in [2.24, 2.45) is 5.41 Å². The number of rotatable bonds is 1. The van der Waals surface area contributed by atoms with Crippen molar-refractivity contribution in [1.82, 2.24) is 4.90 Å². The summed E-state index contributed by atoms with van der Waals surface area (Å²) in [7, 11) is 0. The predicted octanol–water partition coefficient (Wildman–Crippen LogP) is 2.39. The third-order valence-corrected chi connectivity index (χ3v) is 1.87. The van der Waals surface area contributed by atoms with Crippen molar-refractivity contribution in [2.45, 2.75) is 34.6 Å². The molecule has 1 saturated heterocycles. The van der Waals surface area contributed by atoms with Gasteiger partial charge in [-0.05, 0) is 20.8 Å². The van der Waals surface area contributed by atoms with Crippen molar-refractivity contribution in [3.05, 3.63) is 0 Å². The zero-order valence-corrected chi connectivity index (χ0v) is 10.9. The summed E-state index contributed by atoms with van der Waals surface area (Å²) in [6, 6.07) is 0. The summed E-state index contributed by atoms with van der Waals surface area (Å²) in [5, 5.41) is 0. The second kappa shape index (κ2) is 7.73. The van der Waals surface area contributed by atoms with Crippen LogP contribution in [-0.4, -0.2) is 37.7 Å². The second-order valence-electron chi connectivity index (χ2n) is 4.44. The van der Waals surface area contributed by atoms with Gasteiger partial charge < -0.3 is 4.74 Å². The molecule has 1 aliphatic rings. The van der Waals surface area contributed by atoms with Gasteiger partial charge in [0.15, 0.2) is 0 Å². The van der Waals surface area contributed by atoms with Crippen LogP contribution in [0.15, 0.2) is 0 Å². The van der Waals surface area contributed by atoms with Crippen LogP contribution in [0.5, 0.6) is 0 Å². The van der Waals surface area contributed by atoms with Crippen molar-refractivity contribution in [3.8, 4) is 11.8 Å². The zero-order chi connectivity index (χ0) is 11.7. The third kappa shape index (κ3) is 8.47. The van der Waals surface area contributed by atoms with Crippen LogP contribution in [0.2, 0.25) is 0 Å². The summed E-state index contributed by atoms with van der Waals surface area (Å²) >= 11 is 0. The molecule has 0 aromatic heterocycles. The van der Waals surface area contributed by atoms with Gasteiger partial charge in [0, 0.05) is 18.5 Å². The van der Waals surface area contributed by atoms with Gasteiger partial charge in [-0.1, -0.05) is 25.7 Å². The second-order valence-corrected chi connectivity index (χ2v) is 4.44. The maximum atomic E-state index is 5.26. The van der Waals surface area contributed by atoms with Gasteiger partial charge in [0.05, 0.1) is 19.8 Å². The maximum absolute atomic E-state index is 5.26. The average Bonchev–Trinajstić information content (AvgIpc) is 2.20. The summed E-state index contributed by atoms with van der Waals surface area (Å²) in [5.74, 6) is 6.45. The Kier molecular flexibility index (Phi) is 7.46. The summed E-state index contributed by atoms with van der Waals surface area (Å²) in [4.78, 5) is 2.34. The van der Waals surface area contributed by atoms with Crippen molar-refractivity contribution in [3.63, 3.8) is 0 Å². The first-order chi connectivity index (χ1) is 7.08. The highest BCUT2D eigenvalue weighted by Crippen LogP contribution is 2.09. The first-order valence-corrected chi connectivity index (χ1v) is 5.88. The van der Waals surface area contributed by atoms with Gasteiger partial charge in [-0.3, -0.25) is 4.90 Å². The van der Waals surface area contributed by atoms with Crippen LogP contribution in [0.3, 0.4) is 0 Å². The first-order valence-electron chi connectivity index (χ1n) is 5.88. The van der Waals surface area contributed by atoms with Crippen molar-refractivity contribution < 1.29 is 4.74 Å². The molecule has 0 unspecified atom stereocenters. The molecule has 0 atom stereocenters. The minimum absolute atomic E-state index is 0.131. The van der Waals surface area contributed by atoms with E-state index in [0.29, 0.717) is 0 Å². The standard InChI is InChI=1S/C11H19NO.C2H6/c1-11(2,3)5-4-6-12-7-9-13-10-8-12;1-2/h6-10H2,1-3H3;1-2H3. The molecule has 0 radical (unpaired) electrons. The Bertz CT molecular complexity index is 201. The van der Waals surface area contributed by atoms with Crippen LogP contribution in [0.25, 0.3) is 0 Å².